The first kappa shape index (κ1) is 14.3. The topological polar surface area (TPSA) is 60.2 Å². The average molecular weight is 302 g/mol. The zero-order chi connectivity index (χ0) is 12.5. The van der Waals surface area contributed by atoms with Crippen molar-refractivity contribution in [3.05, 3.63) is 16.7 Å². The van der Waals surface area contributed by atoms with Crippen molar-refractivity contribution in [2.75, 3.05) is 30.8 Å². The molecule has 3 N–H and O–H groups in total. The third kappa shape index (κ3) is 5.89. The van der Waals surface area contributed by atoms with Gasteiger partial charge in [-0.25, -0.2) is 4.98 Å². The Morgan fingerprint density at radius 3 is 2.88 bits per heavy atom. The minimum absolute atomic E-state index is 0.658. The molecule has 0 radical (unpaired) electrons. The number of halogens is 1. The molecule has 0 spiro atoms. The van der Waals surface area contributed by atoms with Crippen LogP contribution in [0.5, 0.6) is 0 Å². The normalized spacial score (nSPS) is 10.5. The number of ether oxygens (including phenoxy) is 1. The fourth-order valence-corrected chi connectivity index (χ4v) is 1.82. The van der Waals surface area contributed by atoms with E-state index in [0.29, 0.717) is 5.69 Å². The van der Waals surface area contributed by atoms with Crippen LogP contribution in [0.4, 0.5) is 11.5 Å². The molecule has 1 aromatic rings. The first-order valence-electron chi connectivity index (χ1n) is 5.96. The average Bonchev–Trinajstić information content (AvgIpc) is 2.30. The number of unbranched alkanes of at least 4 members (excludes halogenated alkanes) is 1. The second-order valence-electron chi connectivity index (χ2n) is 3.85. The lowest BCUT2D eigenvalue weighted by Crippen LogP contribution is -2.08. The van der Waals surface area contributed by atoms with Crippen molar-refractivity contribution in [1.29, 1.82) is 0 Å². The summed E-state index contributed by atoms with van der Waals surface area (Å²) in [5, 5.41) is 3.24. The number of aromatic nitrogens is 1. The molecule has 0 unspecified atom stereocenters. The van der Waals surface area contributed by atoms with Gasteiger partial charge < -0.3 is 15.8 Å². The minimum atomic E-state index is 0.658. The van der Waals surface area contributed by atoms with Gasteiger partial charge in [0.1, 0.15) is 5.82 Å². The predicted molar refractivity (Wildman–Crippen MR) is 75.2 cm³/mol. The third-order valence-corrected chi connectivity index (χ3v) is 2.87. The molecule has 0 saturated carbocycles. The van der Waals surface area contributed by atoms with Crippen LogP contribution in [0.1, 0.15) is 26.2 Å². The molecule has 4 nitrogen and oxygen atoms in total. The van der Waals surface area contributed by atoms with E-state index in [2.05, 4.69) is 33.2 Å². The summed E-state index contributed by atoms with van der Waals surface area (Å²) in [5.41, 5.74) is 6.27. The van der Waals surface area contributed by atoms with E-state index in [-0.39, 0.29) is 0 Å². The number of nitrogens with two attached hydrogens (primary N) is 1. The van der Waals surface area contributed by atoms with Gasteiger partial charge in [-0.3, -0.25) is 0 Å². The Hall–Kier alpha value is -0.810. The van der Waals surface area contributed by atoms with Crippen molar-refractivity contribution in [1.82, 2.24) is 4.98 Å². The van der Waals surface area contributed by atoms with Gasteiger partial charge in [-0.15, -0.1) is 0 Å². The molecule has 0 aliphatic heterocycles. The summed E-state index contributed by atoms with van der Waals surface area (Å²) in [6, 6.07) is 1.84. The van der Waals surface area contributed by atoms with Crippen molar-refractivity contribution in [2.45, 2.75) is 26.2 Å². The predicted octanol–water partition coefficient (Wildman–Crippen LogP) is 3.04. The molecule has 0 aliphatic rings. The van der Waals surface area contributed by atoms with Crippen LogP contribution in [0.2, 0.25) is 0 Å². The summed E-state index contributed by atoms with van der Waals surface area (Å²) in [6.07, 6.45) is 4.94. The number of rotatable bonds is 8. The molecule has 1 heterocycles. The number of nitrogen functional groups attached to an aromatic ring is 1. The number of nitrogens with zero attached hydrogens (tertiary/aromatic N) is 1. The van der Waals surface area contributed by atoms with E-state index in [1.165, 1.54) is 6.42 Å². The number of pyridine rings is 1. The number of anilines is 2. The minimum Gasteiger partial charge on any atom is -0.397 e. The highest BCUT2D eigenvalue weighted by Gasteiger charge is 2.00. The Bertz CT molecular complexity index is 334. The highest BCUT2D eigenvalue weighted by atomic mass is 79.9. The maximum Gasteiger partial charge on any atom is 0.140 e. The van der Waals surface area contributed by atoms with Crippen molar-refractivity contribution in [3.8, 4) is 0 Å². The standard InChI is InChI=1S/C12H20BrN3O/c1-2-3-6-17-7-4-5-15-12-11(13)8-10(14)9-16-12/h8-9H,2-7,14H2,1H3,(H,15,16). The Labute approximate surface area is 111 Å². The van der Waals surface area contributed by atoms with Gasteiger partial charge in [0.05, 0.1) is 16.4 Å². The van der Waals surface area contributed by atoms with Gasteiger partial charge in [0, 0.05) is 19.8 Å². The second-order valence-corrected chi connectivity index (χ2v) is 4.70. The molecule has 0 atom stereocenters. The Morgan fingerprint density at radius 2 is 2.18 bits per heavy atom. The highest BCUT2D eigenvalue weighted by Crippen LogP contribution is 2.21. The lowest BCUT2D eigenvalue weighted by atomic mass is 10.3. The molecule has 0 saturated heterocycles. The fraction of sp³-hybridized carbons (Fsp3) is 0.583. The molecule has 1 aromatic heterocycles. The van der Waals surface area contributed by atoms with E-state index in [4.69, 9.17) is 10.5 Å². The molecule has 0 bridgehead atoms. The molecule has 0 amide bonds. The number of hydrogen-bond donors (Lipinski definition) is 2. The summed E-state index contributed by atoms with van der Waals surface area (Å²) in [5.74, 6) is 0.827. The summed E-state index contributed by atoms with van der Waals surface area (Å²) < 4.78 is 6.36. The van der Waals surface area contributed by atoms with Gasteiger partial charge in [0.15, 0.2) is 0 Å². The molecular formula is C12H20BrN3O. The Balaban J connectivity index is 2.14. The lowest BCUT2D eigenvalue weighted by Gasteiger charge is -2.08. The van der Waals surface area contributed by atoms with Gasteiger partial charge in [0.25, 0.3) is 0 Å². The van der Waals surface area contributed by atoms with Crippen LogP contribution in [0.3, 0.4) is 0 Å². The molecule has 5 heteroatoms. The zero-order valence-electron chi connectivity index (χ0n) is 10.2. The van der Waals surface area contributed by atoms with Crippen LogP contribution in [0.15, 0.2) is 16.7 Å². The van der Waals surface area contributed by atoms with Crippen LogP contribution in [0, 0.1) is 0 Å². The van der Waals surface area contributed by atoms with Crippen LogP contribution in [0.25, 0.3) is 0 Å². The van der Waals surface area contributed by atoms with E-state index < -0.39 is 0 Å². The van der Waals surface area contributed by atoms with Gasteiger partial charge in [0.2, 0.25) is 0 Å². The van der Waals surface area contributed by atoms with Gasteiger partial charge in [-0.1, -0.05) is 13.3 Å². The molecule has 96 valence electrons. The SMILES string of the molecule is CCCCOCCCNc1ncc(N)cc1Br. The molecule has 0 aromatic carbocycles. The van der Waals surface area contributed by atoms with E-state index in [1.807, 2.05) is 6.07 Å². The maximum atomic E-state index is 5.61. The van der Waals surface area contributed by atoms with Crippen LogP contribution < -0.4 is 11.1 Å². The molecule has 17 heavy (non-hydrogen) atoms. The number of nitrogens with one attached hydrogen (secondary N) is 1. The van der Waals surface area contributed by atoms with Crippen molar-refractivity contribution >= 4 is 27.4 Å². The van der Waals surface area contributed by atoms with Gasteiger partial charge >= 0.3 is 0 Å². The first-order chi connectivity index (χ1) is 8.24. The van der Waals surface area contributed by atoms with E-state index in [0.717, 1.165) is 42.9 Å². The lowest BCUT2D eigenvalue weighted by molar-refractivity contribution is 0.131. The summed E-state index contributed by atoms with van der Waals surface area (Å²) in [6.45, 7) is 4.66. The smallest absolute Gasteiger partial charge is 0.140 e. The Morgan fingerprint density at radius 1 is 1.41 bits per heavy atom. The second kappa shape index (κ2) is 8.31. The zero-order valence-corrected chi connectivity index (χ0v) is 11.8. The quantitative estimate of drug-likeness (QED) is 0.725. The monoisotopic (exact) mass is 301 g/mol. The largest absolute Gasteiger partial charge is 0.397 e. The molecular weight excluding hydrogens is 282 g/mol. The van der Waals surface area contributed by atoms with Crippen molar-refractivity contribution in [3.63, 3.8) is 0 Å². The first-order valence-corrected chi connectivity index (χ1v) is 6.76. The van der Waals surface area contributed by atoms with E-state index >= 15 is 0 Å². The van der Waals surface area contributed by atoms with Crippen LogP contribution in [-0.2, 0) is 4.74 Å². The number of hydrogen-bond acceptors (Lipinski definition) is 4. The van der Waals surface area contributed by atoms with Crippen LogP contribution >= 0.6 is 15.9 Å². The van der Waals surface area contributed by atoms with E-state index in [9.17, 15) is 0 Å². The van der Waals surface area contributed by atoms with Crippen molar-refractivity contribution < 1.29 is 4.74 Å². The van der Waals surface area contributed by atoms with E-state index in [1.54, 1.807) is 6.20 Å². The van der Waals surface area contributed by atoms with Gasteiger partial charge in [-0.05, 0) is 34.8 Å². The molecule has 0 fully saturated rings. The molecule has 1 rings (SSSR count). The summed E-state index contributed by atoms with van der Waals surface area (Å²) in [7, 11) is 0. The fourth-order valence-electron chi connectivity index (χ4n) is 1.31. The third-order valence-electron chi connectivity index (χ3n) is 2.26. The summed E-state index contributed by atoms with van der Waals surface area (Å²) in [4.78, 5) is 4.20. The molecule has 0 aliphatic carbocycles. The maximum absolute atomic E-state index is 5.61. The van der Waals surface area contributed by atoms with Gasteiger partial charge in [-0.2, -0.15) is 0 Å². The highest BCUT2D eigenvalue weighted by molar-refractivity contribution is 9.10. The summed E-state index contributed by atoms with van der Waals surface area (Å²) >= 11 is 3.41. The van der Waals surface area contributed by atoms with Crippen molar-refractivity contribution in [2.24, 2.45) is 0 Å². The Kier molecular flexibility index (Phi) is 6.96. The van der Waals surface area contributed by atoms with Crippen LogP contribution in [-0.4, -0.2) is 24.7 Å².